The molecule has 1 saturated heterocycles. The molecule has 1 aliphatic carbocycles. The number of rotatable bonds is 4. The van der Waals surface area contributed by atoms with E-state index in [0.717, 1.165) is 25.7 Å². The molecule has 0 radical (unpaired) electrons. The number of nitrogens with one attached hydrogen (secondary N) is 1. The van der Waals surface area contributed by atoms with E-state index < -0.39 is 0 Å². The van der Waals surface area contributed by atoms with Crippen LogP contribution in [0.3, 0.4) is 0 Å². The van der Waals surface area contributed by atoms with E-state index >= 15 is 0 Å². The first-order chi connectivity index (χ1) is 12.3. The van der Waals surface area contributed by atoms with Crippen molar-refractivity contribution in [3.05, 3.63) is 23.2 Å². The summed E-state index contributed by atoms with van der Waals surface area (Å²) >= 11 is 0. The van der Waals surface area contributed by atoms with Gasteiger partial charge in [-0.3, -0.25) is 9.59 Å². The van der Waals surface area contributed by atoms with Gasteiger partial charge in [0.2, 0.25) is 11.8 Å². The molecule has 0 aromatic heterocycles. The van der Waals surface area contributed by atoms with Crippen molar-refractivity contribution in [3.8, 4) is 0 Å². The van der Waals surface area contributed by atoms with E-state index in [1.807, 2.05) is 0 Å². The van der Waals surface area contributed by atoms with E-state index in [0.29, 0.717) is 36.8 Å². The van der Waals surface area contributed by atoms with Gasteiger partial charge in [0.15, 0.2) is 11.6 Å². The van der Waals surface area contributed by atoms with Gasteiger partial charge in [-0.15, -0.1) is 0 Å². The molecule has 7 heteroatoms. The van der Waals surface area contributed by atoms with Crippen molar-refractivity contribution in [2.24, 2.45) is 4.99 Å². The molecule has 2 fully saturated rings. The molecule has 1 N–H and O–H groups in total. The SMILES string of the molecule is C=NC1=C(/C=C(\C)C(=O)N2CC[C@H](N(C)C(C)=O)C2)OCCC2(CC2)N1. The van der Waals surface area contributed by atoms with Gasteiger partial charge in [0.25, 0.3) is 0 Å². The van der Waals surface area contributed by atoms with Crippen LogP contribution in [0.5, 0.6) is 0 Å². The normalized spacial score (nSPS) is 24.7. The van der Waals surface area contributed by atoms with Crippen LogP contribution in [0.1, 0.15) is 39.5 Å². The van der Waals surface area contributed by atoms with E-state index in [1.54, 1.807) is 36.8 Å². The first-order valence-corrected chi connectivity index (χ1v) is 9.18. The Labute approximate surface area is 154 Å². The lowest BCUT2D eigenvalue weighted by atomic mass is 10.2. The van der Waals surface area contributed by atoms with E-state index in [4.69, 9.17) is 4.74 Å². The molecule has 0 unspecified atom stereocenters. The largest absolute Gasteiger partial charge is 0.490 e. The lowest BCUT2D eigenvalue weighted by Crippen LogP contribution is -2.39. The van der Waals surface area contributed by atoms with Gasteiger partial charge in [0, 0.05) is 44.6 Å². The zero-order chi connectivity index (χ0) is 18.9. The van der Waals surface area contributed by atoms with Crippen molar-refractivity contribution in [1.29, 1.82) is 0 Å². The molecule has 1 atom stereocenters. The van der Waals surface area contributed by atoms with Crippen molar-refractivity contribution < 1.29 is 14.3 Å². The monoisotopic (exact) mass is 360 g/mol. The first kappa shape index (κ1) is 18.5. The summed E-state index contributed by atoms with van der Waals surface area (Å²) in [6, 6.07) is 0.0828. The Morgan fingerprint density at radius 2 is 2.12 bits per heavy atom. The minimum atomic E-state index is -0.0330. The maximum Gasteiger partial charge on any atom is 0.249 e. The van der Waals surface area contributed by atoms with Crippen molar-refractivity contribution in [2.75, 3.05) is 26.7 Å². The van der Waals surface area contributed by atoms with Crippen LogP contribution in [0, 0.1) is 0 Å². The molecule has 3 aliphatic rings. The van der Waals surface area contributed by atoms with Crippen LogP contribution >= 0.6 is 0 Å². The zero-order valence-electron chi connectivity index (χ0n) is 15.9. The van der Waals surface area contributed by atoms with Gasteiger partial charge in [-0.05, 0) is 39.0 Å². The predicted octanol–water partition coefficient (Wildman–Crippen LogP) is 1.42. The predicted molar refractivity (Wildman–Crippen MR) is 99.4 cm³/mol. The molecular formula is C19H28N4O3. The third-order valence-corrected chi connectivity index (χ3v) is 5.65. The second kappa shape index (κ2) is 7.13. The Kier molecular flexibility index (Phi) is 5.07. The van der Waals surface area contributed by atoms with Gasteiger partial charge in [0.05, 0.1) is 12.6 Å². The fraction of sp³-hybridized carbons (Fsp3) is 0.632. The molecule has 26 heavy (non-hydrogen) atoms. The minimum absolute atomic E-state index is 0.0235. The van der Waals surface area contributed by atoms with Crippen LogP contribution in [0.2, 0.25) is 0 Å². The fourth-order valence-electron chi connectivity index (χ4n) is 3.56. The highest BCUT2D eigenvalue weighted by atomic mass is 16.5. The van der Waals surface area contributed by atoms with Gasteiger partial charge in [0.1, 0.15) is 0 Å². The van der Waals surface area contributed by atoms with Crippen LogP contribution < -0.4 is 5.32 Å². The molecule has 0 aromatic rings. The average molecular weight is 360 g/mol. The number of aliphatic imine (C=N–C) groups is 1. The highest BCUT2D eigenvalue weighted by molar-refractivity contribution is 5.93. The molecule has 0 bridgehead atoms. The van der Waals surface area contributed by atoms with E-state index in [2.05, 4.69) is 17.0 Å². The first-order valence-electron chi connectivity index (χ1n) is 9.18. The summed E-state index contributed by atoms with van der Waals surface area (Å²) in [5, 5.41) is 3.43. The topological polar surface area (TPSA) is 74.2 Å². The van der Waals surface area contributed by atoms with Crippen LogP contribution in [-0.2, 0) is 14.3 Å². The average Bonchev–Trinajstić information content (AvgIpc) is 3.25. The number of hydrogen-bond acceptors (Lipinski definition) is 5. The van der Waals surface area contributed by atoms with Gasteiger partial charge in [-0.2, -0.15) is 0 Å². The quantitative estimate of drug-likeness (QED) is 0.608. The minimum Gasteiger partial charge on any atom is -0.490 e. The van der Waals surface area contributed by atoms with E-state index in [9.17, 15) is 9.59 Å². The number of allylic oxidation sites excluding steroid dienone is 1. The number of carbonyl (C=O) groups is 2. The Morgan fingerprint density at radius 3 is 2.73 bits per heavy atom. The summed E-state index contributed by atoms with van der Waals surface area (Å²) in [7, 11) is 1.79. The van der Waals surface area contributed by atoms with Crippen molar-refractivity contribution in [1.82, 2.24) is 15.1 Å². The second-order valence-corrected chi connectivity index (χ2v) is 7.53. The zero-order valence-corrected chi connectivity index (χ0v) is 15.9. The second-order valence-electron chi connectivity index (χ2n) is 7.53. The third-order valence-electron chi connectivity index (χ3n) is 5.65. The maximum absolute atomic E-state index is 12.8. The standard InChI is InChI=1S/C19H28N4O3/c1-13(18(25)23-9-5-15(12-23)22(4)14(2)24)11-16-17(20-3)21-19(6-7-19)8-10-26-16/h11,15,21H,3,5-10,12H2,1-2,4H3/b13-11+/t15-/m0/s1. The number of hydrogen-bond donors (Lipinski definition) is 1. The Bertz CT molecular complexity index is 678. The van der Waals surface area contributed by atoms with E-state index in [1.165, 1.54) is 0 Å². The van der Waals surface area contributed by atoms with Crippen LogP contribution in [0.25, 0.3) is 0 Å². The summed E-state index contributed by atoms with van der Waals surface area (Å²) in [6.45, 7) is 8.80. The fourth-order valence-corrected chi connectivity index (χ4v) is 3.56. The molecule has 1 spiro atoms. The van der Waals surface area contributed by atoms with E-state index in [-0.39, 0.29) is 23.4 Å². The van der Waals surface area contributed by atoms with Gasteiger partial charge in [-0.1, -0.05) is 0 Å². The lowest BCUT2D eigenvalue weighted by Gasteiger charge is -2.23. The van der Waals surface area contributed by atoms with Crippen molar-refractivity contribution in [3.63, 3.8) is 0 Å². The molecule has 0 aromatic carbocycles. The van der Waals surface area contributed by atoms with Crippen molar-refractivity contribution >= 4 is 18.5 Å². The maximum atomic E-state index is 12.8. The van der Waals surface area contributed by atoms with Crippen LogP contribution in [-0.4, -0.2) is 66.7 Å². The van der Waals surface area contributed by atoms with Gasteiger partial charge in [-0.25, -0.2) is 4.99 Å². The summed E-state index contributed by atoms with van der Waals surface area (Å²) in [6.07, 6.45) is 5.72. The summed E-state index contributed by atoms with van der Waals surface area (Å²) < 4.78 is 5.84. The number of carbonyl (C=O) groups excluding carboxylic acids is 2. The number of likely N-dealkylation sites (N-methyl/N-ethyl adjacent to an activating group) is 1. The summed E-state index contributed by atoms with van der Waals surface area (Å²) in [5.74, 6) is 1.18. The Morgan fingerprint density at radius 1 is 1.38 bits per heavy atom. The highest BCUT2D eigenvalue weighted by Crippen LogP contribution is 2.41. The molecule has 2 aliphatic heterocycles. The third kappa shape index (κ3) is 3.76. The lowest BCUT2D eigenvalue weighted by molar-refractivity contribution is -0.131. The molecule has 142 valence electrons. The number of nitrogens with zero attached hydrogens (tertiary/aromatic N) is 3. The van der Waals surface area contributed by atoms with Crippen LogP contribution in [0.15, 0.2) is 28.2 Å². The smallest absolute Gasteiger partial charge is 0.249 e. The van der Waals surface area contributed by atoms with Crippen molar-refractivity contribution in [2.45, 2.75) is 51.1 Å². The number of ether oxygens (including phenoxy) is 1. The van der Waals surface area contributed by atoms with Gasteiger partial charge >= 0.3 is 0 Å². The molecule has 2 amide bonds. The van der Waals surface area contributed by atoms with Gasteiger partial charge < -0.3 is 19.9 Å². The van der Waals surface area contributed by atoms with Crippen LogP contribution in [0.4, 0.5) is 0 Å². The molecule has 1 saturated carbocycles. The molecule has 7 nitrogen and oxygen atoms in total. The Balaban J connectivity index is 1.70. The highest BCUT2D eigenvalue weighted by Gasteiger charge is 2.44. The molecular weight excluding hydrogens is 332 g/mol. The molecule has 3 rings (SSSR count). The summed E-state index contributed by atoms with van der Waals surface area (Å²) in [5.41, 5.74) is 0.699. The number of likely N-dealkylation sites (tertiary alicyclic amines) is 1. The summed E-state index contributed by atoms with van der Waals surface area (Å²) in [4.78, 5) is 31.9. The molecule has 2 heterocycles. The number of amides is 2. The Hall–Kier alpha value is -2.31.